The van der Waals surface area contributed by atoms with E-state index in [1.54, 1.807) is 17.5 Å². The maximum absolute atomic E-state index is 5.59. The van der Waals surface area contributed by atoms with Gasteiger partial charge in [0.1, 0.15) is 0 Å². The maximum atomic E-state index is 5.59. The lowest BCUT2D eigenvalue weighted by Crippen LogP contribution is -2.30. The normalized spacial score (nSPS) is 13.0. The number of nitrogens with one attached hydrogen (secondary N) is 1. The van der Waals surface area contributed by atoms with E-state index in [0.717, 1.165) is 15.7 Å². The Morgan fingerprint density at radius 2 is 2.40 bits per heavy atom. The number of aryl methyl sites for hydroxylation is 1. The van der Waals surface area contributed by atoms with Gasteiger partial charge in [-0.3, -0.25) is 10.5 Å². The fourth-order valence-corrected chi connectivity index (χ4v) is 3.05. The van der Waals surface area contributed by atoms with Gasteiger partial charge in [0, 0.05) is 28.7 Å². The minimum absolute atomic E-state index is 0.0295. The minimum atomic E-state index is -0.0295. The Balaban J connectivity index is 2.41. The van der Waals surface area contributed by atoms with Crippen molar-refractivity contribution in [2.24, 2.45) is 12.9 Å². The van der Waals surface area contributed by atoms with Crippen LogP contribution >= 0.6 is 27.3 Å². The lowest BCUT2D eigenvalue weighted by atomic mass is 10.1. The van der Waals surface area contributed by atoms with E-state index < -0.39 is 0 Å². The van der Waals surface area contributed by atoms with Gasteiger partial charge in [0.05, 0.1) is 11.7 Å². The van der Waals surface area contributed by atoms with Crippen LogP contribution in [0.2, 0.25) is 0 Å². The number of halogens is 1. The topological polar surface area (TPSA) is 55.9 Å². The Labute approximate surface area is 100 Å². The Morgan fingerprint density at radius 1 is 1.60 bits per heavy atom. The van der Waals surface area contributed by atoms with E-state index in [-0.39, 0.29) is 6.04 Å². The first-order chi connectivity index (χ1) is 7.24. The first kappa shape index (κ1) is 10.8. The second kappa shape index (κ2) is 4.44. The molecule has 2 aromatic rings. The molecule has 0 saturated heterocycles. The third-order valence-corrected chi connectivity index (χ3v) is 4.03. The van der Waals surface area contributed by atoms with Crippen molar-refractivity contribution in [1.29, 1.82) is 0 Å². The average molecular weight is 287 g/mol. The van der Waals surface area contributed by atoms with Gasteiger partial charge in [0.25, 0.3) is 0 Å². The Bertz CT molecular complexity index is 410. The summed E-state index contributed by atoms with van der Waals surface area (Å²) in [4.78, 5) is 0. The number of hydrogen-bond donors (Lipinski definition) is 2. The van der Waals surface area contributed by atoms with E-state index in [9.17, 15) is 0 Å². The van der Waals surface area contributed by atoms with Crippen LogP contribution in [0.3, 0.4) is 0 Å². The van der Waals surface area contributed by atoms with E-state index in [1.165, 1.54) is 0 Å². The Hall–Kier alpha value is -0.690. The first-order valence-electron chi connectivity index (χ1n) is 4.39. The number of aromatic nitrogens is 2. The number of thiophene rings is 1. The van der Waals surface area contributed by atoms with E-state index >= 15 is 0 Å². The molecule has 0 saturated carbocycles. The van der Waals surface area contributed by atoms with Gasteiger partial charge in [-0.1, -0.05) is 0 Å². The molecule has 2 aromatic heterocycles. The van der Waals surface area contributed by atoms with Gasteiger partial charge in [0.15, 0.2) is 0 Å². The van der Waals surface area contributed by atoms with Crippen LogP contribution in [0.5, 0.6) is 0 Å². The molecule has 6 heteroatoms. The molecule has 2 heterocycles. The first-order valence-corrected chi connectivity index (χ1v) is 6.13. The van der Waals surface area contributed by atoms with Crippen LogP contribution in [0.1, 0.15) is 17.3 Å². The third kappa shape index (κ3) is 1.98. The highest BCUT2D eigenvalue weighted by atomic mass is 79.9. The largest absolute Gasteiger partial charge is 0.271 e. The van der Waals surface area contributed by atoms with Crippen molar-refractivity contribution in [2.45, 2.75) is 6.04 Å². The molecule has 1 atom stereocenters. The molecule has 3 N–H and O–H groups in total. The minimum Gasteiger partial charge on any atom is -0.271 e. The highest BCUT2D eigenvalue weighted by Crippen LogP contribution is 2.30. The molecule has 0 aliphatic rings. The van der Waals surface area contributed by atoms with Crippen LogP contribution in [0.25, 0.3) is 0 Å². The summed E-state index contributed by atoms with van der Waals surface area (Å²) in [5.41, 5.74) is 4.97. The smallest absolute Gasteiger partial charge is 0.0897 e. The van der Waals surface area contributed by atoms with Gasteiger partial charge < -0.3 is 0 Å². The van der Waals surface area contributed by atoms with Crippen LogP contribution in [0.15, 0.2) is 27.5 Å². The van der Waals surface area contributed by atoms with Crippen molar-refractivity contribution in [2.75, 3.05) is 0 Å². The monoisotopic (exact) mass is 286 g/mol. The fourth-order valence-electron chi connectivity index (χ4n) is 1.50. The van der Waals surface area contributed by atoms with Gasteiger partial charge in [-0.2, -0.15) is 16.4 Å². The number of rotatable bonds is 3. The molecule has 0 spiro atoms. The molecule has 15 heavy (non-hydrogen) atoms. The lowest BCUT2D eigenvalue weighted by molar-refractivity contribution is 0.575. The predicted molar refractivity (Wildman–Crippen MR) is 64.4 cm³/mol. The number of hydrazine groups is 1. The molecule has 0 aliphatic carbocycles. The van der Waals surface area contributed by atoms with Gasteiger partial charge >= 0.3 is 0 Å². The predicted octanol–water partition coefficient (Wildman–Crippen LogP) is 1.80. The van der Waals surface area contributed by atoms with Gasteiger partial charge in [-0.05, 0) is 27.4 Å². The van der Waals surface area contributed by atoms with E-state index in [2.05, 4.69) is 31.8 Å². The fraction of sp³-hybridized carbons (Fsp3) is 0.222. The van der Waals surface area contributed by atoms with Crippen LogP contribution in [0.4, 0.5) is 0 Å². The molecule has 0 radical (unpaired) electrons. The van der Waals surface area contributed by atoms with Crippen molar-refractivity contribution >= 4 is 27.3 Å². The van der Waals surface area contributed by atoms with Crippen molar-refractivity contribution < 1.29 is 0 Å². The van der Waals surface area contributed by atoms with Crippen LogP contribution < -0.4 is 11.3 Å². The van der Waals surface area contributed by atoms with Gasteiger partial charge in [-0.15, -0.1) is 0 Å². The zero-order valence-electron chi connectivity index (χ0n) is 8.14. The second-order valence-electron chi connectivity index (χ2n) is 3.15. The van der Waals surface area contributed by atoms with Gasteiger partial charge in [-0.25, -0.2) is 5.43 Å². The molecule has 0 aromatic carbocycles. The van der Waals surface area contributed by atoms with Crippen LogP contribution in [-0.2, 0) is 7.05 Å². The summed E-state index contributed by atoms with van der Waals surface area (Å²) in [7, 11) is 1.90. The summed E-state index contributed by atoms with van der Waals surface area (Å²) in [5, 5.41) is 8.24. The zero-order valence-corrected chi connectivity index (χ0v) is 10.5. The van der Waals surface area contributed by atoms with Crippen molar-refractivity contribution in [3.63, 3.8) is 0 Å². The molecule has 2 rings (SSSR count). The standard InChI is InChI=1S/C9H11BrN4S/c1-14-8(2-3-12-14)9(13-11)6-4-15-5-7(6)10/h2-5,9,13H,11H2,1H3. The van der Waals surface area contributed by atoms with Crippen LogP contribution in [-0.4, -0.2) is 9.78 Å². The molecule has 0 bridgehead atoms. The summed E-state index contributed by atoms with van der Waals surface area (Å²) in [6, 6.07) is 1.92. The number of hydrogen-bond acceptors (Lipinski definition) is 4. The Kier molecular flexibility index (Phi) is 3.20. The quantitative estimate of drug-likeness (QED) is 0.668. The van der Waals surface area contributed by atoms with Crippen LogP contribution in [0, 0.1) is 0 Å². The summed E-state index contributed by atoms with van der Waals surface area (Å²) >= 11 is 5.14. The third-order valence-electron chi connectivity index (χ3n) is 2.27. The van der Waals surface area contributed by atoms with E-state index in [1.807, 2.05) is 23.2 Å². The van der Waals surface area contributed by atoms with E-state index in [4.69, 9.17) is 5.84 Å². The summed E-state index contributed by atoms with van der Waals surface area (Å²) < 4.78 is 2.88. The Morgan fingerprint density at radius 3 is 2.87 bits per heavy atom. The molecule has 0 aliphatic heterocycles. The van der Waals surface area contributed by atoms with Crippen molar-refractivity contribution in [3.8, 4) is 0 Å². The second-order valence-corrected chi connectivity index (χ2v) is 4.75. The molecule has 4 nitrogen and oxygen atoms in total. The molecular weight excluding hydrogens is 276 g/mol. The zero-order chi connectivity index (χ0) is 10.8. The van der Waals surface area contributed by atoms with Gasteiger partial charge in [0.2, 0.25) is 0 Å². The molecule has 0 fully saturated rings. The highest BCUT2D eigenvalue weighted by molar-refractivity contribution is 9.10. The van der Waals surface area contributed by atoms with E-state index in [0.29, 0.717) is 0 Å². The van der Waals surface area contributed by atoms with Crippen molar-refractivity contribution in [3.05, 3.63) is 38.8 Å². The molecule has 80 valence electrons. The summed E-state index contributed by atoms with van der Waals surface area (Å²) in [6.45, 7) is 0. The maximum Gasteiger partial charge on any atom is 0.0897 e. The average Bonchev–Trinajstić information content (AvgIpc) is 2.80. The molecular formula is C9H11BrN4S. The molecule has 0 amide bonds. The number of nitrogens with two attached hydrogens (primary N) is 1. The summed E-state index contributed by atoms with van der Waals surface area (Å²) in [5.74, 6) is 5.59. The lowest BCUT2D eigenvalue weighted by Gasteiger charge is -2.15. The molecule has 1 unspecified atom stereocenters. The SMILES string of the molecule is Cn1nccc1C(NN)c1cscc1Br. The summed E-state index contributed by atoms with van der Waals surface area (Å²) in [6.07, 6.45) is 1.76. The number of nitrogens with zero attached hydrogens (tertiary/aromatic N) is 2. The highest BCUT2D eigenvalue weighted by Gasteiger charge is 2.18. The van der Waals surface area contributed by atoms with Crippen molar-refractivity contribution in [1.82, 2.24) is 15.2 Å².